The van der Waals surface area contributed by atoms with Crippen LogP contribution < -0.4 is 15.4 Å². The van der Waals surface area contributed by atoms with Crippen molar-refractivity contribution < 1.29 is 8.42 Å². The van der Waals surface area contributed by atoms with Crippen LogP contribution in [0.25, 0.3) is 0 Å². The van der Waals surface area contributed by atoms with Crippen molar-refractivity contribution in [1.82, 2.24) is 15.4 Å². The van der Waals surface area contributed by atoms with E-state index in [1.165, 1.54) is 12.1 Å². The summed E-state index contributed by atoms with van der Waals surface area (Å²) in [6.45, 7) is 3.87. The van der Waals surface area contributed by atoms with Gasteiger partial charge in [-0.2, -0.15) is 0 Å². The Balaban J connectivity index is 1.85. The fourth-order valence-corrected chi connectivity index (χ4v) is 3.51. The van der Waals surface area contributed by atoms with Crippen LogP contribution >= 0.6 is 11.6 Å². The van der Waals surface area contributed by atoms with E-state index >= 15 is 0 Å². The number of sulfonamides is 1. The molecule has 0 atom stereocenters. The Morgan fingerprint density at radius 2 is 1.81 bits per heavy atom. The molecule has 0 saturated heterocycles. The second-order valence-corrected chi connectivity index (χ2v) is 7.67. The van der Waals surface area contributed by atoms with Crippen LogP contribution in [-0.2, 0) is 16.6 Å². The summed E-state index contributed by atoms with van der Waals surface area (Å²) in [7, 11) is -3.58. The van der Waals surface area contributed by atoms with Crippen molar-refractivity contribution in [3.8, 4) is 0 Å². The Kier molecular flexibility index (Phi) is 7.90. The zero-order valence-corrected chi connectivity index (χ0v) is 16.1. The van der Waals surface area contributed by atoms with E-state index in [2.05, 4.69) is 20.3 Å². The van der Waals surface area contributed by atoms with E-state index in [1.54, 1.807) is 12.1 Å². The minimum absolute atomic E-state index is 0.148. The van der Waals surface area contributed by atoms with Crippen LogP contribution in [-0.4, -0.2) is 34.0 Å². The van der Waals surface area contributed by atoms with Crippen molar-refractivity contribution in [3.05, 3.63) is 65.2 Å². The number of nitrogens with zero attached hydrogens (tertiary/aromatic N) is 1. The van der Waals surface area contributed by atoms with E-state index in [-0.39, 0.29) is 11.4 Å². The monoisotopic (exact) mass is 394 g/mol. The van der Waals surface area contributed by atoms with Gasteiger partial charge in [-0.3, -0.25) is 0 Å². The average molecular weight is 395 g/mol. The van der Waals surface area contributed by atoms with Gasteiger partial charge in [-0.15, -0.1) is 0 Å². The smallest absolute Gasteiger partial charge is 0.240 e. The molecule has 2 aromatic carbocycles. The number of halogens is 1. The van der Waals surface area contributed by atoms with Crippen molar-refractivity contribution in [1.29, 1.82) is 0 Å². The first-order chi connectivity index (χ1) is 12.5. The lowest BCUT2D eigenvalue weighted by Crippen LogP contribution is -2.41. The molecule has 0 heterocycles. The molecule has 0 aliphatic rings. The maximum absolute atomic E-state index is 12.2. The molecule has 0 spiro atoms. The molecule has 0 aromatic heterocycles. The number of benzene rings is 2. The molecule has 2 aromatic rings. The molecule has 0 bridgehead atoms. The standard InChI is InChI=1S/C18H23ClN4O2S/c1-2-20-18(22-14-15-7-4-3-5-8-15)21-11-12-23-26(24,25)17-10-6-9-16(19)13-17/h3-10,13,23H,2,11-12,14H2,1H3,(H2,20,21,22). The lowest BCUT2D eigenvalue weighted by molar-refractivity contribution is 0.580. The van der Waals surface area contributed by atoms with E-state index in [0.717, 1.165) is 12.1 Å². The maximum atomic E-state index is 12.2. The number of aliphatic imine (C=N–C) groups is 1. The average Bonchev–Trinajstić information content (AvgIpc) is 2.64. The van der Waals surface area contributed by atoms with Crippen LogP contribution in [0.2, 0.25) is 5.02 Å². The minimum atomic E-state index is -3.58. The number of hydrogen-bond acceptors (Lipinski definition) is 3. The highest BCUT2D eigenvalue weighted by Gasteiger charge is 2.13. The van der Waals surface area contributed by atoms with Gasteiger partial charge >= 0.3 is 0 Å². The summed E-state index contributed by atoms with van der Waals surface area (Å²) in [4.78, 5) is 4.64. The SMILES string of the molecule is CCNC(=NCc1ccccc1)NCCNS(=O)(=O)c1cccc(Cl)c1. The van der Waals surface area contributed by atoms with E-state index in [0.29, 0.717) is 24.1 Å². The summed E-state index contributed by atoms with van der Waals surface area (Å²) in [5.41, 5.74) is 1.10. The van der Waals surface area contributed by atoms with E-state index in [9.17, 15) is 8.42 Å². The van der Waals surface area contributed by atoms with Gasteiger partial charge in [-0.05, 0) is 30.7 Å². The first-order valence-electron chi connectivity index (χ1n) is 8.32. The molecule has 0 radical (unpaired) electrons. The third kappa shape index (κ3) is 6.67. The number of hydrogen-bond donors (Lipinski definition) is 3. The Hall–Kier alpha value is -2.09. The molecule has 6 nitrogen and oxygen atoms in total. The molecular weight excluding hydrogens is 372 g/mol. The molecule has 3 N–H and O–H groups in total. The number of nitrogens with one attached hydrogen (secondary N) is 3. The van der Waals surface area contributed by atoms with E-state index < -0.39 is 10.0 Å². The minimum Gasteiger partial charge on any atom is -0.357 e. The molecule has 0 amide bonds. The predicted molar refractivity (Wildman–Crippen MR) is 106 cm³/mol. The Bertz CT molecular complexity index is 826. The predicted octanol–water partition coefficient (Wildman–Crippen LogP) is 2.37. The van der Waals surface area contributed by atoms with Crippen LogP contribution in [0.4, 0.5) is 0 Å². The van der Waals surface area contributed by atoms with Crippen molar-refractivity contribution in [2.75, 3.05) is 19.6 Å². The maximum Gasteiger partial charge on any atom is 0.240 e. The quantitative estimate of drug-likeness (QED) is 0.364. The van der Waals surface area contributed by atoms with Crippen LogP contribution in [0.5, 0.6) is 0 Å². The van der Waals surface area contributed by atoms with Crippen molar-refractivity contribution in [2.45, 2.75) is 18.4 Å². The highest BCUT2D eigenvalue weighted by Crippen LogP contribution is 2.14. The third-order valence-electron chi connectivity index (χ3n) is 3.42. The third-order valence-corrected chi connectivity index (χ3v) is 5.12. The molecule has 140 valence electrons. The van der Waals surface area contributed by atoms with Gasteiger partial charge in [0.25, 0.3) is 0 Å². The molecule has 0 saturated carbocycles. The van der Waals surface area contributed by atoms with Gasteiger partial charge in [0.2, 0.25) is 10.0 Å². The van der Waals surface area contributed by atoms with E-state index in [1.807, 2.05) is 37.3 Å². The van der Waals surface area contributed by atoms with Gasteiger partial charge in [0, 0.05) is 24.7 Å². The van der Waals surface area contributed by atoms with Gasteiger partial charge < -0.3 is 10.6 Å². The van der Waals surface area contributed by atoms with Gasteiger partial charge in [0.15, 0.2) is 5.96 Å². The molecule has 0 aliphatic heterocycles. The van der Waals surface area contributed by atoms with E-state index in [4.69, 9.17) is 11.6 Å². The van der Waals surface area contributed by atoms with Gasteiger partial charge in [0.05, 0.1) is 11.4 Å². The van der Waals surface area contributed by atoms with Gasteiger partial charge in [-0.25, -0.2) is 18.1 Å². The summed E-state index contributed by atoms with van der Waals surface area (Å²) in [5, 5.41) is 6.63. The van der Waals surface area contributed by atoms with Crippen LogP contribution in [0, 0.1) is 0 Å². The van der Waals surface area contributed by atoms with Crippen molar-refractivity contribution >= 4 is 27.6 Å². The van der Waals surface area contributed by atoms with Crippen LogP contribution in [0.1, 0.15) is 12.5 Å². The Labute approximate surface area is 159 Å². The highest BCUT2D eigenvalue weighted by atomic mass is 35.5. The second-order valence-electron chi connectivity index (χ2n) is 5.46. The molecule has 8 heteroatoms. The first-order valence-corrected chi connectivity index (χ1v) is 10.2. The zero-order valence-electron chi connectivity index (χ0n) is 14.6. The molecule has 0 unspecified atom stereocenters. The summed E-state index contributed by atoms with van der Waals surface area (Å²) >= 11 is 5.85. The van der Waals surface area contributed by atoms with Gasteiger partial charge in [-0.1, -0.05) is 48.0 Å². The lowest BCUT2D eigenvalue weighted by Gasteiger charge is -2.12. The van der Waals surface area contributed by atoms with Gasteiger partial charge in [0.1, 0.15) is 0 Å². The molecule has 0 fully saturated rings. The summed E-state index contributed by atoms with van der Waals surface area (Å²) in [6.07, 6.45) is 0. The fraction of sp³-hybridized carbons (Fsp3) is 0.278. The van der Waals surface area contributed by atoms with Crippen LogP contribution in [0.15, 0.2) is 64.5 Å². The topological polar surface area (TPSA) is 82.6 Å². The second kappa shape index (κ2) is 10.2. The summed E-state index contributed by atoms with van der Waals surface area (Å²) in [5.74, 6) is 0.637. The summed E-state index contributed by atoms with van der Waals surface area (Å²) < 4.78 is 27.0. The molecule has 2 rings (SSSR count). The highest BCUT2D eigenvalue weighted by molar-refractivity contribution is 7.89. The Morgan fingerprint density at radius 3 is 2.50 bits per heavy atom. The zero-order chi connectivity index (χ0) is 18.8. The normalized spacial score (nSPS) is 12.0. The van der Waals surface area contributed by atoms with Crippen molar-refractivity contribution in [2.24, 2.45) is 4.99 Å². The summed E-state index contributed by atoms with van der Waals surface area (Å²) in [6, 6.07) is 16.1. The molecule has 26 heavy (non-hydrogen) atoms. The lowest BCUT2D eigenvalue weighted by atomic mass is 10.2. The first kappa shape index (κ1) is 20.2. The van der Waals surface area contributed by atoms with Crippen molar-refractivity contribution in [3.63, 3.8) is 0 Å². The molecular formula is C18H23ClN4O2S. The largest absolute Gasteiger partial charge is 0.357 e. The fourth-order valence-electron chi connectivity index (χ4n) is 2.18. The molecule has 0 aliphatic carbocycles. The van der Waals surface area contributed by atoms with Crippen LogP contribution in [0.3, 0.4) is 0 Å². The Morgan fingerprint density at radius 1 is 1.04 bits per heavy atom. The number of guanidine groups is 1. The number of rotatable bonds is 8.